The van der Waals surface area contributed by atoms with Gasteiger partial charge in [-0.3, -0.25) is 4.79 Å². The van der Waals surface area contributed by atoms with Gasteiger partial charge in [0, 0.05) is 28.0 Å². The number of benzene rings is 1. The Morgan fingerprint density at radius 1 is 1.31 bits per heavy atom. The molecule has 140 valence electrons. The molecule has 0 unspecified atom stereocenters. The van der Waals surface area contributed by atoms with E-state index in [9.17, 15) is 13.2 Å². The van der Waals surface area contributed by atoms with Crippen LogP contribution in [0.25, 0.3) is 0 Å². The van der Waals surface area contributed by atoms with Crippen LogP contribution in [0.3, 0.4) is 0 Å². The van der Waals surface area contributed by atoms with Gasteiger partial charge in [0.15, 0.2) is 0 Å². The van der Waals surface area contributed by atoms with Gasteiger partial charge in [-0.05, 0) is 49.6 Å². The van der Waals surface area contributed by atoms with Gasteiger partial charge in [0.25, 0.3) is 10.0 Å². The quantitative estimate of drug-likeness (QED) is 0.780. The van der Waals surface area contributed by atoms with E-state index >= 15 is 0 Å². The molecule has 0 radical (unpaired) electrons. The summed E-state index contributed by atoms with van der Waals surface area (Å²) in [5.74, 6) is -0.314. The molecule has 0 saturated carbocycles. The number of hydrogen-bond acceptors (Lipinski definition) is 4. The summed E-state index contributed by atoms with van der Waals surface area (Å²) in [5, 5.41) is 3.77. The minimum Gasteiger partial charge on any atom is -0.351 e. The average molecular weight is 433 g/mol. The van der Waals surface area contributed by atoms with Crippen molar-refractivity contribution in [3.63, 3.8) is 0 Å². The van der Waals surface area contributed by atoms with Crippen LogP contribution in [0.5, 0.6) is 0 Å². The Labute approximate surface area is 167 Å². The number of thiophene rings is 1. The lowest BCUT2D eigenvalue weighted by Gasteiger charge is -2.22. The Balaban J connectivity index is 1.72. The summed E-state index contributed by atoms with van der Waals surface area (Å²) in [6, 6.07) is 7.70. The maximum absolute atomic E-state index is 12.8. The molecule has 1 amide bonds. The maximum Gasteiger partial charge on any atom is 0.253 e. The molecule has 1 saturated heterocycles. The molecule has 1 fully saturated rings. The Kier molecular flexibility index (Phi) is 5.94. The first-order valence-electron chi connectivity index (χ1n) is 8.09. The van der Waals surface area contributed by atoms with Crippen molar-refractivity contribution in [3.8, 4) is 0 Å². The monoisotopic (exact) mass is 432 g/mol. The third-order valence-corrected chi connectivity index (χ3v) is 8.22. The number of nitrogens with zero attached hydrogens (tertiary/aromatic N) is 1. The minimum atomic E-state index is -3.66. The number of carbonyl (C=O) groups excluding carboxylic acids is 1. The van der Waals surface area contributed by atoms with Crippen LogP contribution in [0.2, 0.25) is 10.0 Å². The van der Waals surface area contributed by atoms with Crippen molar-refractivity contribution in [1.82, 2.24) is 9.62 Å². The topological polar surface area (TPSA) is 66.5 Å². The smallest absolute Gasteiger partial charge is 0.253 e. The molecule has 5 nitrogen and oxygen atoms in total. The van der Waals surface area contributed by atoms with Crippen LogP contribution in [0.1, 0.15) is 23.3 Å². The summed E-state index contributed by atoms with van der Waals surface area (Å²) in [5.41, 5.74) is 0.728. The fourth-order valence-electron chi connectivity index (χ4n) is 2.92. The van der Waals surface area contributed by atoms with E-state index in [4.69, 9.17) is 23.2 Å². The molecule has 0 aliphatic carbocycles. The van der Waals surface area contributed by atoms with Gasteiger partial charge < -0.3 is 5.32 Å². The molecule has 1 aliphatic heterocycles. The normalized spacial score (nSPS) is 18.2. The zero-order valence-corrected chi connectivity index (χ0v) is 17.2. The van der Waals surface area contributed by atoms with Crippen LogP contribution >= 0.6 is 34.5 Å². The first-order chi connectivity index (χ1) is 12.3. The Bertz CT molecular complexity index is 928. The predicted octanol–water partition coefficient (Wildman–Crippen LogP) is 3.83. The summed E-state index contributed by atoms with van der Waals surface area (Å²) in [4.78, 5) is 13.5. The number of rotatable bonds is 5. The average Bonchev–Trinajstić information content (AvgIpc) is 3.23. The number of carbonyl (C=O) groups is 1. The Hall–Kier alpha value is -1.12. The van der Waals surface area contributed by atoms with Crippen molar-refractivity contribution in [2.45, 2.75) is 36.6 Å². The Morgan fingerprint density at radius 2 is 2.08 bits per heavy atom. The molecular formula is C17H18Cl2N2O3S2. The summed E-state index contributed by atoms with van der Waals surface area (Å²) >= 11 is 13.2. The largest absolute Gasteiger partial charge is 0.351 e. The summed E-state index contributed by atoms with van der Waals surface area (Å²) in [6.45, 7) is 2.42. The third-order valence-electron chi connectivity index (χ3n) is 4.25. The number of halogens is 2. The molecule has 1 aromatic carbocycles. The zero-order valence-electron chi connectivity index (χ0n) is 14.0. The van der Waals surface area contributed by atoms with E-state index in [-0.39, 0.29) is 16.7 Å². The van der Waals surface area contributed by atoms with Gasteiger partial charge in [-0.2, -0.15) is 4.31 Å². The molecule has 9 heteroatoms. The van der Waals surface area contributed by atoms with Crippen LogP contribution in [0, 0.1) is 6.92 Å². The van der Waals surface area contributed by atoms with Gasteiger partial charge in [0.05, 0.1) is 0 Å². The zero-order chi connectivity index (χ0) is 18.9. The molecule has 1 N–H and O–H groups in total. The van der Waals surface area contributed by atoms with E-state index < -0.39 is 16.1 Å². The number of amides is 1. The lowest BCUT2D eigenvalue weighted by atomic mass is 10.2. The van der Waals surface area contributed by atoms with Crippen LogP contribution < -0.4 is 5.32 Å². The number of sulfonamides is 1. The van der Waals surface area contributed by atoms with Gasteiger partial charge in [-0.25, -0.2) is 8.42 Å². The third kappa shape index (κ3) is 4.07. The van der Waals surface area contributed by atoms with Crippen LogP contribution in [-0.4, -0.2) is 31.2 Å². The van der Waals surface area contributed by atoms with E-state index in [2.05, 4.69) is 5.32 Å². The van der Waals surface area contributed by atoms with E-state index in [0.29, 0.717) is 29.4 Å². The second kappa shape index (κ2) is 7.86. The van der Waals surface area contributed by atoms with Crippen LogP contribution in [-0.2, 0) is 21.4 Å². The van der Waals surface area contributed by atoms with Gasteiger partial charge in [-0.15, -0.1) is 11.3 Å². The van der Waals surface area contributed by atoms with Gasteiger partial charge in [0.2, 0.25) is 5.91 Å². The second-order valence-electron chi connectivity index (χ2n) is 6.09. The highest BCUT2D eigenvalue weighted by Gasteiger charge is 2.39. The molecule has 1 aromatic heterocycles. The fraction of sp³-hybridized carbons (Fsp3) is 0.353. The highest BCUT2D eigenvalue weighted by molar-refractivity contribution is 7.91. The van der Waals surface area contributed by atoms with E-state index in [1.54, 1.807) is 30.3 Å². The summed E-state index contributed by atoms with van der Waals surface area (Å²) in [6.07, 6.45) is 1.16. The summed E-state index contributed by atoms with van der Waals surface area (Å²) < 4.78 is 27.3. The van der Waals surface area contributed by atoms with Crippen molar-refractivity contribution in [2.24, 2.45) is 0 Å². The van der Waals surface area contributed by atoms with Crippen molar-refractivity contribution in [2.75, 3.05) is 6.54 Å². The number of hydrogen-bond donors (Lipinski definition) is 1. The molecule has 2 heterocycles. The molecule has 1 atom stereocenters. The Morgan fingerprint density at radius 3 is 2.73 bits per heavy atom. The fourth-order valence-corrected chi connectivity index (χ4v) is 6.47. The van der Waals surface area contributed by atoms with Crippen molar-refractivity contribution in [1.29, 1.82) is 0 Å². The van der Waals surface area contributed by atoms with Gasteiger partial charge in [-0.1, -0.05) is 29.3 Å². The highest BCUT2D eigenvalue weighted by atomic mass is 35.5. The van der Waals surface area contributed by atoms with Crippen molar-refractivity contribution in [3.05, 3.63) is 50.8 Å². The molecule has 3 rings (SSSR count). The standard InChI is InChI=1S/C17H18Cl2N2O3S2/c1-11-4-7-16(25-11)26(23,24)21-8-2-3-15(21)17(22)20-10-12-5-6-13(18)9-14(12)19/h4-7,9,15H,2-3,8,10H2,1H3,(H,20,22)/t15-/m1/s1. The lowest BCUT2D eigenvalue weighted by molar-refractivity contribution is -0.124. The predicted molar refractivity (Wildman–Crippen MR) is 104 cm³/mol. The lowest BCUT2D eigenvalue weighted by Crippen LogP contribution is -2.45. The first kappa shape index (κ1) is 19.6. The molecule has 26 heavy (non-hydrogen) atoms. The first-order valence-corrected chi connectivity index (χ1v) is 11.1. The highest BCUT2D eigenvalue weighted by Crippen LogP contribution is 2.30. The van der Waals surface area contributed by atoms with Gasteiger partial charge in [0.1, 0.15) is 10.3 Å². The van der Waals surface area contributed by atoms with E-state index in [0.717, 1.165) is 10.4 Å². The summed E-state index contributed by atoms with van der Waals surface area (Å²) in [7, 11) is -3.66. The molecule has 0 bridgehead atoms. The molecule has 2 aromatic rings. The SMILES string of the molecule is Cc1ccc(S(=O)(=O)N2CCC[C@@H]2C(=O)NCc2ccc(Cl)cc2Cl)s1. The second-order valence-corrected chi connectivity index (χ2v) is 10.3. The van der Waals surface area contributed by atoms with Crippen LogP contribution in [0.4, 0.5) is 0 Å². The van der Waals surface area contributed by atoms with E-state index in [1.165, 1.54) is 15.6 Å². The van der Waals surface area contributed by atoms with Crippen molar-refractivity contribution < 1.29 is 13.2 Å². The number of aryl methyl sites for hydroxylation is 1. The van der Waals surface area contributed by atoms with Crippen LogP contribution in [0.15, 0.2) is 34.5 Å². The minimum absolute atomic E-state index is 0.220. The van der Waals surface area contributed by atoms with Crippen molar-refractivity contribution >= 4 is 50.5 Å². The molecular weight excluding hydrogens is 415 g/mol. The van der Waals surface area contributed by atoms with E-state index in [1.807, 2.05) is 6.92 Å². The molecule has 1 aliphatic rings. The van der Waals surface area contributed by atoms with Gasteiger partial charge >= 0.3 is 0 Å². The number of nitrogens with one attached hydrogen (secondary N) is 1. The molecule has 0 spiro atoms. The maximum atomic E-state index is 12.8.